The smallest absolute Gasteiger partial charge is 0.0883 e. The third-order valence-corrected chi connectivity index (χ3v) is 1.70. The predicted molar refractivity (Wildman–Crippen MR) is 56.6 cm³/mol. The molecule has 0 aliphatic heterocycles. The molecule has 0 heterocycles. The molecule has 0 radical (unpaired) electrons. The molecule has 0 aromatic heterocycles. The summed E-state index contributed by atoms with van der Waals surface area (Å²) in [5.74, 6) is 0. The zero-order chi connectivity index (χ0) is 9.98. The van der Waals surface area contributed by atoms with Gasteiger partial charge in [-0.1, -0.05) is 13.8 Å². The second kappa shape index (κ2) is 11.1. The second-order valence-electron chi connectivity index (χ2n) is 2.51. The summed E-state index contributed by atoms with van der Waals surface area (Å²) < 4.78 is 13.3. The van der Waals surface area contributed by atoms with Crippen LogP contribution in [0.1, 0.15) is 20.3 Å². The van der Waals surface area contributed by atoms with Gasteiger partial charge in [0, 0.05) is 12.8 Å². The molecule has 0 spiro atoms. The SMILES string of the molecule is CC.CN(C)CCCNS(C)=O. The number of rotatable bonds is 5. The molecule has 0 rings (SSSR count). The fourth-order valence-electron chi connectivity index (χ4n) is 0.611. The molecule has 0 fully saturated rings. The lowest BCUT2D eigenvalue weighted by Crippen LogP contribution is -2.22. The molecule has 0 saturated heterocycles. The number of nitrogens with zero attached hydrogens (tertiary/aromatic N) is 1. The highest BCUT2D eigenvalue weighted by Gasteiger charge is 1.90. The van der Waals surface area contributed by atoms with Crippen molar-refractivity contribution in [3.05, 3.63) is 0 Å². The van der Waals surface area contributed by atoms with Crippen LogP contribution in [0, 0.1) is 0 Å². The zero-order valence-corrected chi connectivity index (χ0v) is 9.70. The molecule has 1 N–H and O–H groups in total. The third-order valence-electron chi connectivity index (χ3n) is 1.09. The number of hydrogen-bond acceptors (Lipinski definition) is 2. The Labute approximate surface area is 79.1 Å². The Hall–Kier alpha value is 0.0700. The van der Waals surface area contributed by atoms with Crippen molar-refractivity contribution < 1.29 is 4.21 Å². The lowest BCUT2D eigenvalue weighted by Gasteiger charge is -2.08. The maximum atomic E-state index is 10.5. The minimum atomic E-state index is -0.849. The summed E-state index contributed by atoms with van der Waals surface area (Å²) in [7, 11) is 3.21. The summed E-state index contributed by atoms with van der Waals surface area (Å²) in [5.41, 5.74) is 0. The van der Waals surface area contributed by atoms with Gasteiger partial charge in [-0.15, -0.1) is 0 Å². The van der Waals surface area contributed by atoms with Gasteiger partial charge in [0.25, 0.3) is 0 Å². The van der Waals surface area contributed by atoms with Crippen LogP contribution in [0.3, 0.4) is 0 Å². The highest BCUT2D eigenvalue weighted by Crippen LogP contribution is 1.80. The summed E-state index contributed by atoms with van der Waals surface area (Å²) in [6, 6.07) is 0. The first-order valence-corrected chi connectivity index (χ1v) is 5.90. The van der Waals surface area contributed by atoms with E-state index < -0.39 is 11.0 Å². The first-order chi connectivity index (χ1) is 5.63. The minimum Gasteiger partial charge on any atom is -0.309 e. The van der Waals surface area contributed by atoms with Gasteiger partial charge in [0.05, 0.1) is 11.0 Å². The summed E-state index contributed by atoms with van der Waals surface area (Å²) in [6.07, 6.45) is 2.70. The summed E-state index contributed by atoms with van der Waals surface area (Å²) in [4.78, 5) is 2.11. The molecular weight excluding hydrogens is 172 g/mol. The Morgan fingerprint density at radius 2 is 1.83 bits per heavy atom. The Bertz CT molecular complexity index is 107. The predicted octanol–water partition coefficient (Wildman–Crippen LogP) is 0.847. The van der Waals surface area contributed by atoms with Crippen molar-refractivity contribution in [3.63, 3.8) is 0 Å². The van der Waals surface area contributed by atoms with E-state index in [4.69, 9.17) is 0 Å². The second-order valence-corrected chi connectivity index (χ2v) is 3.70. The fraction of sp³-hybridized carbons (Fsp3) is 1.00. The van der Waals surface area contributed by atoms with Gasteiger partial charge in [0.2, 0.25) is 0 Å². The summed E-state index contributed by atoms with van der Waals surface area (Å²) in [6.45, 7) is 5.88. The largest absolute Gasteiger partial charge is 0.309 e. The van der Waals surface area contributed by atoms with E-state index in [0.29, 0.717) is 0 Å². The number of nitrogens with one attached hydrogen (secondary N) is 1. The van der Waals surface area contributed by atoms with Gasteiger partial charge in [0.1, 0.15) is 0 Å². The van der Waals surface area contributed by atoms with Crippen LogP contribution in [-0.2, 0) is 11.0 Å². The zero-order valence-electron chi connectivity index (χ0n) is 8.89. The van der Waals surface area contributed by atoms with Crippen LogP contribution >= 0.6 is 0 Å². The quantitative estimate of drug-likeness (QED) is 0.658. The van der Waals surface area contributed by atoms with E-state index in [0.717, 1.165) is 19.5 Å². The van der Waals surface area contributed by atoms with E-state index in [9.17, 15) is 4.21 Å². The molecule has 0 aromatic rings. The minimum absolute atomic E-state index is 0.835. The van der Waals surface area contributed by atoms with Crippen molar-refractivity contribution in [2.75, 3.05) is 33.4 Å². The van der Waals surface area contributed by atoms with Crippen LogP contribution in [0.4, 0.5) is 0 Å². The maximum absolute atomic E-state index is 10.5. The molecule has 0 bridgehead atoms. The molecule has 0 aliphatic rings. The molecule has 0 amide bonds. The average Bonchev–Trinajstić information content (AvgIpc) is 2.02. The van der Waals surface area contributed by atoms with E-state index in [2.05, 4.69) is 9.62 Å². The number of hydrogen-bond donors (Lipinski definition) is 1. The van der Waals surface area contributed by atoms with Gasteiger partial charge in [-0.2, -0.15) is 0 Å². The van der Waals surface area contributed by atoms with E-state index in [1.165, 1.54) is 0 Å². The van der Waals surface area contributed by atoms with Gasteiger partial charge in [-0.25, -0.2) is 8.93 Å². The van der Waals surface area contributed by atoms with Gasteiger partial charge in [0.15, 0.2) is 0 Å². The van der Waals surface area contributed by atoms with Crippen molar-refractivity contribution in [1.29, 1.82) is 0 Å². The van der Waals surface area contributed by atoms with E-state index in [-0.39, 0.29) is 0 Å². The van der Waals surface area contributed by atoms with E-state index >= 15 is 0 Å². The third kappa shape index (κ3) is 16.6. The molecule has 1 atom stereocenters. The maximum Gasteiger partial charge on any atom is 0.0883 e. The van der Waals surface area contributed by atoms with Crippen molar-refractivity contribution in [2.24, 2.45) is 0 Å². The molecule has 76 valence electrons. The molecule has 0 aliphatic carbocycles. The highest BCUT2D eigenvalue weighted by molar-refractivity contribution is 7.82. The Kier molecular flexibility index (Phi) is 13.5. The normalized spacial score (nSPS) is 12.2. The molecule has 3 nitrogen and oxygen atoms in total. The average molecular weight is 194 g/mol. The lowest BCUT2D eigenvalue weighted by atomic mass is 10.4. The Balaban J connectivity index is 0. The molecular formula is C8H22N2OS. The molecule has 0 saturated carbocycles. The van der Waals surface area contributed by atoms with Crippen molar-refractivity contribution >= 4 is 11.0 Å². The summed E-state index contributed by atoms with van der Waals surface area (Å²) >= 11 is 0. The van der Waals surface area contributed by atoms with Gasteiger partial charge >= 0.3 is 0 Å². The van der Waals surface area contributed by atoms with Crippen LogP contribution < -0.4 is 4.72 Å². The van der Waals surface area contributed by atoms with Gasteiger partial charge < -0.3 is 4.90 Å². The molecule has 12 heavy (non-hydrogen) atoms. The monoisotopic (exact) mass is 194 g/mol. The summed E-state index contributed by atoms with van der Waals surface area (Å²) in [5, 5.41) is 0. The lowest BCUT2D eigenvalue weighted by molar-refractivity contribution is 0.401. The molecule has 1 unspecified atom stereocenters. The van der Waals surface area contributed by atoms with Gasteiger partial charge in [-0.3, -0.25) is 0 Å². The van der Waals surface area contributed by atoms with E-state index in [1.807, 2.05) is 27.9 Å². The molecule has 4 heteroatoms. The van der Waals surface area contributed by atoms with Crippen LogP contribution in [-0.4, -0.2) is 42.5 Å². The highest BCUT2D eigenvalue weighted by atomic mass is 32.2. The van der Waals surface area contributed by atoms with Crippen LogP contribution in [0.2, 0.25) is 0 Å². The topological polar surface area (TPSA) is 32.3 Å². The standard InChI is InChI=1S/C6H16N2OS.C2H6/c1-8(2)6-4-5-7-10(3)9;1-2/h7H,4-6H2,1-3H3;1-2H3. The fourth-order valence-corrected chi connectivity index (χ4v) is 1.04. The van der Waals surface area contributed by atoms with Crippen molar-refractivity contribution in [1.82, 2.24) is 9.62 Å². The van der Waals surface area contributed by atoms with Crippen molar-refractivity contribution in [2.45, 2.75) is 20.3 Å². The first kappa shape index (κ1) is 14.6. The van der Waals surface area contributed by atoms with Crippen LogP contribution in [0.5, 0.6) is 0 Å². The van der Waals surface area contributed by atoms with Crippen molar-refractivity contribution in [3.8, 4) is 0 Å². The van der Waals surface area contributed by atoms with Gasteiger partial charge in [-0.05, 0) is 27.1 Å². The van der Waals surface area contributed by atoms with E-state index in [1.54, 1.807) is 6.26 Å². The molecule has 0 aromatic carbocycles. The first-order valence-electron chi connectivity index (χ1n) is 4.34. The van der Waals surface area contributed by atoms with Crippen LogP contribution in [0.25, 0.3) is 0 Å². The Morgan fingerprint density at radius 1 is 1.33 bits per heavy atom. The Morgan fingerprint density at radius 3 is 2.17 bits per heavy atom. The van der Waals surface area contributed by atoms with Crippen LogP contribution in [0.15, 0.2) is 0 Å².